The van der Waals surface area contributed by atoms with Crippen molar-refractivity contribution in [3.05, 3.63) is 34.9 Å². The van der Waals surface area contributed by atoms with Crippen LogP contribution in [-0.2, 0) is 4.74 Å². The van der Waals surface area contributed by atoms with E-state index in [1.165, 1.54) is 0 Å². The lowest BCUT2D eigenvalue weighted by molar-refractivity contribution is 0.0337. The van der Waals surface area contributed by atoms with E-state index in [0.717, 1.165) is 5.56 Å². The summed E-state index contributed by atoms with van der Waals surface area (Å²) in [6.07, 6.45) is -1.17. The van der Waals surface area contributed by atoms with Gasteiger partial charge in [-0.2, -0.15) is 0 Å². The van der Waals surface area contributed by atoms with Crippen molar-refractivity contribution in [2.45, 2.75) is 13.1 Å². The van der Waals surface area contributed by atoms with Gasteiger partial charge in [0.15, 0.2) is 6.17 Å². The molecule has 0 amide bonds. The minimum absolute atomic E-state index is 0.157. The summed E-state index contributed by atoms with van der Waals surface area (Å²) >= 11 is 0. The molecule has 1 aliphatic rings. The third-order valence-electron chi connectivity index (χ3n) is 2.21. The van der Waals surface area contributed by atoms with Gasteiger partial charge in [0.1, 0.15) is 6.61 Å². The van der Waals surface area contributed by atoms with E-state index >= 15 is 0 Å². The van der Waals surface area contributed by atoms with Crippen LogP contribution in [0.5, 0.6) is 0 Å². The molecule has 0 aliphatic carbocycles. The van der Waals surface area contributed by atoms with Crippen molar-refractivity contribution in [3.63, 3.8) is 0 Å². The number of carbonyl (C=O) groups excluding carboxylic acids is 1. The van der Waals surface area contributed by atoms with Crippen molar-refractivity contribution in [2.75, 3.05) is 6.61 Å². The summed E-state index contributed by atoms with van der Waals surface area (Å²) in [4.78, 5) is 11.3. The summed E-state index contributed by atoms with van der Waals surface area (Å²) in [6.45, 7) is 1.62. The third kappa shape index (κ3) is 1.20. The summed E-state index contributed by atoms with van der Waals surface area (Å²) in [5.41, 5.74) is 1.61. The van der Waals surface area contributed by atoms with Gasteiger partial charge in [0, 0.05) is 5.56 Å². The molecular formula is C10H9FO2. The zero-order chi connectivity index (χ0) is 9.42. The molecule has 0 saturated carbocycles. The zero-order valence-electron chi connectivity index (χ0n) is 7.21. The van der Waals surface area contributed by atoms with Crippen molar-refractivity contribution in [1.82, 2.24) is 0 Å². The average Bonchev–Trinajstić information content (AvgIpc) is 2.12. The van der Waals surface area contributed by atoms with Crippen LogP contribution in [-0.4, -0.2) is 12.6 Å². The molecule has 0 spiro atoms. The Morgan fingerprint density at radius 3 is 3.00 bits per heavy atom. The molecule has 0 unspecified atom stereocenters. The van der Waals surface area contributed by atoms with Crippen LogP contribution in [0.2, 0.25) is 0 Å². The van der Waals surface area contributed by atoms with E-state index in [1.54, 1.807) is 25.1 Å². The van der Waals surface area contributed by atoms with Crippen molar-refractivity contribution in [2.24, 2.45) is 0 Å². The van der Waals surface area contributed by atoms with Crippen molar-refractivity contribution in [3.8, 4) is 0 Å². The van der Waals surface area contributed by atoms with Gasteiger partial charge in [0.25, 0.3) is 0 Å². The van der Waals surface area contributed by atoms with Crippen LogP contribution in [0.4, 0.5) is 4.39 Å². The molecule has 0 N–H and O–H groups in total. The minimum atomic E-state index is -1.17. The molecule has 1 heterocycles. The van der Waals surface area contributed by atoms with Crippen LogP contribution in [0.3, 0.4) is 0 Å². The molecule has 1 aliphatic heterocycles. The van der Waals surface area contributed by atoms with E-state index in [4.69, 9.17) is 0 Å². The monoisotopic (exact) mass is 180 g/mol. The molecular weight excluding hydrogens is 171 g/mol. The smallest absolute Gasteiger partial charge is 0.338 e. The molecule has 0 aromatic heterocycles. The Morgan fingerprint density at radius 2 is 2.31 bits per heavy atom. The highest BCUT2D eigenvalue weighted by Crippen LogP contribution is 2.29. The number of halogens is 1. The molecule has 1 aromatic rings. The lowest BCUT2D eigenvalue weighted by atomic mass is 9.97. The maximum atomic E-state index is 13.3. The first-order valence-electron chi connectivity index (χ1n) is 4.11. The molecule has 2 rings (SSSR count). The van der Waals surface area contributed by atoms with Gasteiger partial charge in [-0.3, -0.25) is 0 Å². The number of hydrogen-bond acceptors (Lipinski definition) is 2. The Balaban J connectivity index is 2.63. The van der Waals surface area contributed by atoms with Crippen molar-refractivity contribution >= 4 is 5.97 Å². The Morgan fingerprint density at radius 1 is 1.54 bits per heavy atom. The first kappa shape index (κ1) is 8.23. The van der Waals surface area contributed by atoms with E-state index in [2.05, 4.69) is 4.74 Å². The number of rotatable bonds is 0. The van der Waals surface area contributed by atoms with Crippen LogP contribution < -0.4 is 0 Å². The summed E-state index contributed by atoms with van der Waals surface area (Å²) in [5, 5.41) is 0. The van der Waals surface area contributed by atoms with Gasteiger partial charge in [0.05, 0.1) is 5.56 Å². The first-order chi connectivity index (χ1) is 6.20. The number of cyclic esters (lactones) is 1. The second kappa shape index (κ2) is 2.83. The quantitative estimate of drug-likeness (QED) is 0.572. The lowest BCUT2D eigenvalue weighted by Gasteiger charge is -2.20. The van der Waals surface area contributed by atoms with Gasteiger partial charge >= 0.3 is 5.97 Å². The average molecular weight is 180 g/mol. The van der Waals surface area contributed by atoms with Gasteiger partial charge < -0.3 is 4.74 Å². The Kier molecular flexibility index (Phi) is 1.79. The molecule has 0 bridgehead atoms. The van der Waals surface area contributed by atoms with Crippen molar-refractivity contribution in [1.29, 1.82) is 0 Å². The summed E-state index contributed by atoms with van der Waals surface area (Å²) in [7, 11) is 0. The highest BCUT2D eigenvalue weighted by Gasteiger charge is 2.27. The number of esters is 1. The fraction of sp³-hybridized carbons (Fsp3) is 0.300. The van der Waals surface area contributed by atoms with Crippen LogP contribution >= 0.6 is 0 Å². The largest absolute Gasteiger partial charge is 0.459 e. The Bertz CT molecular complexity index is 360. The number of fused-ring (bicyclic) bond motifs is 1. The maximum Gasteiger partial charge on any atom is 0.338 e. The number of aryl methyl sites for hydroxylation is 1. The normalized spacial score (nSPS) is 20.8. The number of alkyl halides is 1. The summed E-state index contributed by atoms with van der Waals surface area (Å²) in [5.74, 6) is -0.415. The molecule has 0 radical (unpaired) electrons. The molecule has 1 atom stereocenters. The van der Waals surface area contributed by atoms with E-state index in [0.29, 0.717) is 11.1 Å². The summed E-state index contributed by atoms with van der Waals surface area (Å²) in [6, 6.07) is 5.16. The maximum absolute atomic E-state index is 13.3. The highest BCUT2D eigenvalue weighted by atomic mass is 19.1. The highest BCUT2D eigenvalue weighted by molar-refractivity contribution is 5.93. The summed E-state index contributed by atoms with van der Waals surface area (Å²) < 4.78 is 17.9. The molecule has 1 aromatic carbocycles. The van der Waals surface area contributed by atoms with Gasteiger partial charge in [-0.15, -0.1) is 0 Å². The van der Waals surface area contributed by atoms with E-state index in [-0.39, 0.29) is 6.61 Å². The van der Waals surface area contributed by atoms with Crippen LogP contribution in [0.25, 0.3) is 0 Å². The van der Waals surface area contributed by atoms with Crippen molar-refractivity contribution < 1.29 is 13.9 Å². The lowest BCUT2D eigenvalue weighted by Crippen LogP contribution is -2.21. The SMILES string of the molecule is Cc1cccc2c1C(=O)OC[C@H]2F. The topological polar surface area (TPSA) is 26.3 Å². The first-order valence-corrected chi connectivity index (χ1v) is 4.11. The Hall–Kier alpha value is -1.38. The number of benzene rings is 1. The molecule has 3 heteroatoms. The van der Waals surface area contributed by atoms with Crippen LogP contribution in [0.15, 0.2) is 18.2 Å². The van der Waals surface area contributed by atoms with Gasteiger partial charge in [-0.1, -0.05) is 18.2 Å². The molecule has 0 saturated heterocycles. The van der Waals surface area contributed by atoms with Crippen LogP contribution in [0.1, 0.15) is 27.7 Å². The Labute approximate surface area is 75.3 Å². The predicted molar refractivity (Wildman–Crippen MR) is 45.3 cm³/mol. The van der Waals surface area contributed by atoms with Gasteiger partial charge in [-0.05, 0) is 12.5 Å². The van der Waals surface area contributed by atoms with Gasteiger partial charge in [0.2, 0.25) is 0 Å². The molecule has 0 fully saturated rings. The number of ether oxygens (including phenoxy) is 1. The fourth-order valence-electron chi connectivity index (χ4n) is 1.54. The molecule has 68 valence electrons. The zero-order valence-corrected chi connectivity index (χ0v) is 7.21. The second-order valence-electron chi connectivity index (χ2n) is 3.11. The number of carbonyl (C=O) groups is 1. The van der Waals surface area contributed by atoms with E-state index in [1.807, 2.05) is 0 Å². The standard InChI is InChI=1S/C10H9FO2/c1-6-3-2-4-7-8(11)5-13-10(12)9(6)7/h2-4,8H,5H2,1H3/t8-/m1/s1. The minimum Gasteiger partial charge on any atom is -0.459 e. The van der Waals surface area contributed by atoms with E-state index in [9.17, 15) is 9.18 Å². The van der Waals surface area contributed by atoms with Gasteiger partial charge in [-0.25, -0.2) is 9.18 Å². The number of hydrogen-bond donors (Lipinski definition) is 0. The van der Waals surface area contributed by atoms with Crippen LogP contribution in [0, 0.1) is 6.92 Å². The molecule has 2 nitrogen and oxygen atoms in total. The van der Waals surface area contributed by atoms with E-state index < -0.39 is 12.1 Å². The second-order valence-corrected chi connectivity index (χ2v) is 3.11. The molecule has 13 heavy (non-hydrogen) atoms. The third-order valence-corrected chi connectivity index (χ3v) is 2.21. The predicted octanol–water partition coefficient (Wildman–Crippen LogP) is 2.18. The fourth-order valence-corrected chi connectivity index (χ4v) is 1.54.